The Hall–Kier alpha value is -2.08. The molecule has 6 nitrogen and oxygen atoms in total. The summed E-state index contributed by atoms with van der Waals surface area (Å²) in [6.07, 6.45) is 4.99. The summed E-state index contributed by atoms with van der Waals surface area (Å²) in [4.78, 5) is 25.6. The summed E-state index contributed by atoms with van der Waals surface area (Å²) in [6.45, 7) is 2.48. The van der Waals surface area contributed by atoms with Gasteiger partial charge >= 0.3 is 0 Å². The van der Waals surface area contributed by atoms with E-state index in [4.69, 9.17) is 0 Å². The van der Waals surface area contributed by atoms with Crippen LogP contribution < -0.4 is 0 Å². The van der Waals surface area contributed by atoms with Crippen LogP contribution in [0, 0.1) is 15.0 Å². The van der Waals surface area contributed by atoms with E-state index in [2.05, 4.69) is 4.90 Å². The first kappa shape index (κ1) is 13.9. The monoisotopic (exact) mass is 288 g/mol. The molecule has 110 valence electrons. The van der Waals surface area contributed by atoms with Gasteiger partial charge in [0.15, 0.2) is 0 Å². The molecule has 0 aliphatic carbocycles. The average molecular weight is 288 g/mol. The topological polar surface area (TPSA) is 66.5 Å². The molecule has 0 aromatic heterocycles. The Morgan fingerprint density at radius 2 is 1.95 bits per heavy atom. The number of rotatable bonds is 3. The zero-order chi connectivity index (χ0) is 14.8. The molecular formula is C15H18N3O3+. The predicted octanol–water partition coefficient (Wildman–Crippen LogP) is 2.58. The highest BCUT2D eigenvalue weighted by Crippen LogP contribution is 2.33. The van der Waals surface area contributed by atoms with Gasteiger partial charge in [-0.25, -0.2) is 0 Å². The van der Waals surface area contributed by atoms with Gasteiger partial charge < -0.3 is 0 Å². The van der Waals surface area contributed by atoms with Gasteiger partial charge in [-0.05, 0) is 32.0 Å². The molecule has 0 radical (unpaired) electrons. The molecule has 6 heteroatoms. The minimum absolute atomic E-state index is 0.0414. The van der Waals surface area contributed by atoms with Crippen molar-refractivity contribution in [1.29, 1.82) is 0 Å². The Morgan fingerprint density at radius 3 is 2.67 bits per heavy atom. The maximum atomic E-state index is 12.5. The van der Waals surface area contributed by atoms with Crippen LogP contribution in [-0.2, 0) is 0 Å². The summed E-state index contributed by atoms with van der Waals surface area (Å²) in [6, 6.07) is 6.26. The lowest BCUT2D eigenvalue weighted by Crippen LogP contribution is -2.40. The van der Waals surface area contributed by atoms with Crippen molar-refractivity contribution < 1.29 is 9.68 Å². The molecule has 1 saturated heterocycles. The Balaban J connectivity index is 1.90. The van der Waals surface area contributed by atoms with Crippen molar-refractivity contribution in [2.45, 2.75) is 25.3 Å². The van der Waals surface area contributed by atoms with E-state index in [0.717, 1.165) is 30.7 Å². The number of hydrogen-bond donors (Lipinski definition) is 0. The van der Waals surface area contributed by atoms with Crippen molar-refractivity contribution >= 4 is 11.4 Å². The zero-order valence-electron chi connectivity index (χ0n) is 11.8. The maximum Gasteiger partial charge on any atom is 0.286 e. The van der Waals surface area contributed by atoms with E-state index in [-0.39, 0.29) is 5.70 Å². The van der Waals surface area contributed by atoms with Gasteiger partial charge in [-0.2, -0.15) is 0 Å². The average Bonchev–Trinajstić information content (AvgIpc) is 2.51. The minimum atomic E-state index is -0.488. The Bertz CT molecular complexity index is 606. The molecule has 1 fully saturated rings. The predicted molar refractivity (Wildman–Crippen MR) is 78.8 cm³/mol. The summed E-state index contributed by atoms with van der Waals surface area (Å²) < 4.78 is 0.914. The van der Waals surface area contributed by atoms with Gasteiger partial charge in [0.05, 0.1) is 17.5 Å². The number of nitro groups is 1. The minimum Gasteiger partial charge on any atom is -0.297 e. The van der Waals surface area contributed by atoms with E-state index in [1.807, 2.05) is 0 Å². The molecule has 2 aliphatic heterocycles. The fourth-order valence-electron chi connectivity index (χ4n) is 3.09. The van der Waals surface area contributed by atoms with E-state index in [0.29, 0.717) is 17.8 Å². The Labute approximate surface area is 122 Å². The van der Waals surface area contributed by atoms with E-state index in [9.17, 15) is 15.0 Å². The standard InChI is InChI=1S/C15H18N3O3/c19-17-12(11-16-8-4-1-5-9-16)10-15(18(20)21)13-6-2-3-7-14(13)17/h2-3,6-7,10,12H,1,4-5,8-9,11H2/q+1. The third kappa shape index (κ3) is 2.71. The van der Waals surface area contributed by atoms with Crippen LogP contribution in [0.15, 0.2) is 30.3 Å². The summed E-state index contributed by atoms with van der Waals surface area (Å²) in [5.74, 6) is 0. The van der Waals surface area contributed by atoms with Crippen LogP contribution in [0.25, 0.3) is 5.70 Å². The Kier molecular flexibility index (Phi) is 3.79. The second-order valence-corrected chi connectivity index (χ2v) is 5.58. The van der Waals surface area contributed by atoms with Gasteiger partial charge in [0.2, 0.25) is 6.04 Å². The van der Waals surface area contributed by atoms with Crippen molar-refractivity contribution in [3.05, 3.63) is 50.9 Å². The number of benzene rings is 1. The van der Waals surface area contributed by atoms with Crippen LogP contribution in [0.3, 0.4) is 0 Å². The lowest BCUT2D eigenvalue weighted by atomic mass is 10.0. The fraction of sp³-hybridized carbons (Fsp3) is 0.467. The molecule has 0 amide bonds. The second-order valence-electron chi connectivity index (χ2n) is 5.58. The molecule has 1 aromatic rings. The number of nitrogens with zero attached hydrogens (tertiary/aromatic N) is 3. The zero-order valence-corrected chi connectivity index (χ0v) is 11.8. The number of likely N-dealkylation sites (tertiary alicyclic amines) is 1. The van der Waals surface area contributed by atoms with E-state index in [1.54, 1.807) is 24.3 Å². The highest BCUT2D eigenvalue weighted by Gasteiger charge is 2.40. The quantitative estimate of drug-likeness (QED) is 0.487. The molecule has 1 unspecified atom stereocenters. The number of para-hydroxylation sites is 1. The van der Waals surface area contributed by atoms with Gasteiger partial charge in [0, 0.05) is 15.7 Å². The molecule has 0 bridgehead atoms. The fourth-order valence-corrected chi connectivity index (χ4v) is 3.09. The molecule has 2 heterocycles. The van der Waals surface area contributed by atoms with Crippen LogP contribution in [0.5, 0.6) is 0 Å². The van der Waals surface area contributed by atoms with Crippen molar-refractivity contribution in [2.75, 3.05) is 19.6 Å². The summed E-state index contributed by atoms with van der Waals surface area (Å²) in [5, 5.41) is 11.3. The van der Waals surface area contributed by atoms with Crippen LogP contribution in [0.1, 0.15) is 24.8 Å². The summed E-state index contributed by atoms with van der Waals surface area (Å²) in [7, 11) is 0. The van der Waals surface area contributed by atoms with E-state index >= 15 is 0 Å². The first-order valence-corrected chi connectivity index (χ1v) is 7.31. The molecule has 0 saturated carbocycles. The third-order valence-electron chi connectivity index (χ3n) is 4.16. The smallest absolute Gasteiger partial charge is 0.286 e. The van der Waals surface area contributed by atoms with Crippen LogP contribution >= 0.6 is 0 Å². The lowest BCUT2D eigenvalue weighted by molar-refractivity contribution is -0.498. The van der Waals surface area contributed by atoms with E-state index < -0.39 is 11.0 Å². The lowest BCUT2D eigenvalue weighted by Gasteiger charge is -2.27. The SMILES string of the molecule is O=[N+]([O-])C1=CC(CN2CCCCC2)[N+](=O)c2ccccc21. The molecule has 2 aliphatic rings. The number of nitroso groups, excluding NO2 is 1. The molecule has 0 spiro atoms. The number of piperidine rings is 1. The molecule has 0 N–H and O–H groups in total. The van der Waals surface area contributed by atoms with Crippen LogP contribution in [0.4, 0.5) is 5.69 Å². The molecule has 1 atom stereocenters. The van der Waals surface area contributed by atoms with Crippen LogP contribution in [-0.4, -0.2) is 40.3 Å². The van der Waals surface area contributed by atoms with Gasteiger partial charge in [0.25, 0.3) is 11.4 Å². The number of hydrogen-bond acceptors (Lipinski definition) is 4. The largest absolute Gasteiger partial charge is 0.297 e. The molecule has 21 heavy (non-hydrogen) atoms. The van der Waals surface area contributed by atoms with Gasteiger partial charge in [-0.1, -0.05) is 18.6 Å². The molecule has 3 rings (SSSR count). The third-order valence-corrected chi connectivity index (χ3v) is 4.16. The Morgan fingerprint density at radius 1 is 1.24 bits per heavy atom. The van der Waals surface area contributed by atoms with Crippen molar-refractivity contribution in [1.82, 2.24) is 4.90 Å². The maximum absolute atomic E-state index is 12.5. The van der Waals surface area contributed by atoms with Gasteiger partial charge in [-0.3, -0.25) is 15.0 Å². The van der Waals surface area contributed by atoms with Crippen LogP contribution in [0.2, 0.25) is 0 Å². The normalized spacial score (nSPS) is 22.6. The van der Waals surface area contributed by atoms with Crippen molar-refractivity contribution in [2.24, 2.45) is 0 Å². The first-order chi connectivity index (χ1) is 10.2. The first-order valence-electron chi connectivity index (χ1n) is 7.31. The van der Waals surface area contributed by atoms with Crippen molar-refractivity contribution in [3.63, 3.8) is 0 Å². The van der Waals surface area contributed by atoms with Crippen molar-refractivity contribution in [3.8, 4) is 0 Å². The number of fused-ring (bicyclic) bond motifs is 1. The molecular weight excluding hydrogens is 270 g/mol. The summed E-state index contributed by atoms with van der Waals surface area (Å²) in [5.41, 5.74) is 0.848. The second kappa shape index (κ2) is 5.73. The van der Waals surface area contributed by atoms with Gasteiger partial charge in [-0.15, -0.1) is 0 Å². The highest BCUT2D eigenvalue weighted by atomic mass is 16.6. The molecule has 1 aromatic carbocycles. The van der Waals surface area contributed by atoms with Gasteiger partial charge in [0.1, 0.15) is 5.56 Å². The summed E-state index contributed by atoms with van der Waals surface area (Å²) >= 11 is 0. The highest BCUT2D eigenvalue weighted by molar-refractivity contribution is 5.69. The van der Waals surface area contributed by atoms with E-state index in [1.165, 1.54) is 12.5 Å².